The monoisotopic (exact) mass is 455 g/mol. The van der Waals surface area contributed by atoms with Gasteiger partial charge < -0.3 is 10.1 Å². The van der Waals surface area contributed by atoms with Crippen molar-refractivity contribution in [3.8, 4) is 5.75 Å². The van der Waals surface area contributed by atoms with Crippen molar-refractivity contribution in [3.05, 3.63) is 102 Å². The Bertz CT molecular complexity index is 988. The Kier molecular flexibility index (Phi) is 8.28. The largest absolute Gasteiger partial charge is 0.461 e. The van der Waals surface area contributed by atoms with Crippen LogP contribution in [0, 0.1) is 11.6 Å². The number of allylic oxidation sites excluding steroid dienone is 4. The first-order valence-corrected chi connectivity index (χ1v) is 9.22. The maximum absolute atomic E-state index is 14.3. The third-order valence-corrected chi connectivity index (χ3v) is 4.43. The molecule has 0 aliphatic carbocycles. The first-order valence-electron chi connectivity index (χ1n) is 9.22. The van der Waals surface area contributed by atoms with Crippen molar-refractivity contribution < 1.29 is 35.9 Å². The number of ether oxygens (including phenoxy) is 1. The van der Waals surface area contributed by atoms with Gasteiger partial charge in [-0.15, -0.1) is 0 Å². The molecule has 0 aliphatic heterocycles. The number of hydrogen-bond donors (Lipinski definition) is 1. The van der Waals surface area contributed by atoms with E-state index in [2.05, 4.69) is 16.6 Å². The molecule has 0 aliphatic rings. The molecule has 1 amide bonds. The highest BCUT2D eigenvalue weighted by atomic mass is 19.3. The van der Waals surface area contributed by atoms with Crippen LogP contribution < -0.4 is 10.1 Å². The van der Waals surface area contributed by atoms with Gasteiger partial charge in [0.25, 0.3) is 0 Å². The second-order valence-electron chi connectivity index (χ2n) is 6.57. The summed E-state index contributed by atoms with van der Waals surface area (Å²) >= 11 is 0. The van der Waals surface area contributed by atoms with Gasteiger partial charge in [-0.25, -0.2) is 8.78 Å². The predicted molar refractivity (Wildman–Crippen MR) is 107 cm³/mol. The number of nitrogens with one attached hydrogen (secondary N) is 1. The summed E-state index contributed by atoms with van der Waals surface area (Å²) in [5, 5.41) is 2.52. The van der Waals surface area contributed by atoms with E-state index in [1.165, 1.54) is 18.2 Å². The fraction of sp³-hybridized carbons (Fsp3) is 0.174. The van der Waals surface area contributed by atoms with Crippen molar-refractivity contribution in [2.75, 3.05) is 0 Å². The number of benzene rings is 2. The smallest absolute Gasteiger partial charge is 0.428 e. The number of carbonyl (C=O) groups excluding carboxylic acids is 1. The van der Waals surface area contributed by atoms with Crippen LogP contribution in [0.4, 0.5) is 26.3 Å². The summed E-state index contributed by atoms with van der Waals surface area (Å²) in [6, 6.07) is 7.18. The molecule has 3 nitrogen and oxygen atoms in total. The SMILES string of the molecule is C=C/C=C\C=C\C[C@@](NC=O)(c1ccc(F)cc1)c1cc(F)cc(OC(F)(F)C(F)F)c1. The third kappa shape index (κ3) is 6.03. The lowest BCUT2D eigenvalue weighted by Gasteiger charge is -2.34. The maximum atomic E-state index is 14.3. The lowest BCUT2D eigenvalue weighted by Crippen LogP contribution is -2.42. The number of amides is 1. The van der Waals surface area contributed by atoms with Crippen molar-refractivity contribution in [1.29, 1.82) is 0 Å². The van der Waals surface area contributed by atoms with Gasteiger partial charge in [-0.05, 0) is 41.8 Å². The van der Waals surface area contributed by atoms with Crippen LogP contribution in [0.5, 0.6) is 5.75 Å². The van der Waals surface area contributed by atoms with E-state index in [1.54, 1.807) is 24.3 Å². The Morgan fingerprint density at radius 3 is 2.25 bits per heavy atom. The van der Waals surface area contributed by atoms with E-state index >= 15 is 0 Å². The quantitative estimate of drug-likeness (QED) is 0.261. The van der Waals surface area contributed by atoms with Crippen molar-refractivity contribution in [2.45, 2.75) is 24.5 Å². The Morgan fingerprint density at radius 2 is 1.66 bits per heavy atom. The molecule has 2 aromatic rings. The van der Waals surface area contributed by atoms with Gasteiger partial charge in [-0.3, -0.25) is 4.79 Å². The number of halogens is 6. The van der Waals surface area contributed by atoms with E-state index in [9.17, 15) is 31.1 Å². The molecule has 1 atom stereocenters. The van der Waals surface area contributed by atoms with Crippen LogP contribution in [0.15, 0.2) is 79.4 Å². The van der Waals surface area contributed by atoms with Gasteiger partial charge in [-0.1, -0.05) is 49.1 Å². The lowest BCUT2D eigenvalue weighted by molar-refractivity contribution is -0.253. The molecule has 0 unspecified atom stereocenters. The molecule has 0 saturated carbocycles. The van der Waals surface area contributed by atoms with Crippen LogP contribution in [0.25, 0.3) is 0 Å². The fourth-order valence-electron chi connectivity index (χ4n) is 3.00. The summed E-state index contributed by atoms with van der Waals surface area (Å²) < 4.78 is 83.7. The van der Waals surface area contributed by atoms with Crippen LogP contribution in [-0.2, 0) is 10.3 Å². The number of alkyl halides is 4. The average Bonchev–Trinajstić information content (AvgIpc) is 2.72. The number of rotatable bonds is 11. The van der Waals surface area contributed by atoms with Gasteiger partial charge in [0.15, 0.2) is 0 Å². The van der Waals surface area contributed by atoms with Crippen LogP contribution in [0.3, 0.4) is 0 Å². The predicted octanol–water partition coefficient (Wildman–Crippen LogP) is 5.88. The summed E-state index contributed by atoms with van der Waals surface area (Å²) in [6.07, 6.45) is -0.826. The molecule has 1 N–H and O–H groups in total. The van der Waals surface area contributed by atoms with E-state index in [-0.39, 0.29) is 17.5 Å². The average molecular weight is 455 g/mol. The molecule has 170 valence electrons. The van der Waals surface area contributed by atoms with Crippen LogP contribution in [0.1, 0.15) is 17.5 Å². The van der Waals surface area contributed by atoms with Crippen molar-refractivity contribution in [2.24, 2.45) is 0 Å². The van der Waals surface area contributed by atoms with Crippen molar-refractivity contribution in [3.63, 3.8) is 0 Å². The summed E-state index contributed by atoms with van der Waals surface area (Å²) in [5.74, 6) is -2.53. The first-order chi connectivity index (χ1) is 15.1. The highest BCUT2D eigenvalue weighted by Crippen LogP contribution is 2.37. The zero-order chi connectivity index (χ0) is 23.8. The van der Waals surface area contributed by atoms with Gasteiger partial charge >= 0.3 is 12.5 Å². The molecule has 0 saturated heterocycles. The van der Waals surface area contributed by atoms with Gasteiger partial charge in [0.1, 0.15) is 17.4 Å². The molecular weight excluding hydrogens is 436 g/mol. The molecule has 32 heavy (non-hydrogen) atoms. The Balaban J connectivity index is 2.65. The summed E-state index contributed by atoms with van der Waals surface area (Å²) in [5.41, 5.74) is -1.37. The molecule has 0 spiro atoms. The number of hydrogen-bond acceptors (Lipinski definition) is 2. The van der Waals surface area contributed by atoms with Gasteiger partial charge in [0, 0.05) is 6.07 Å². The van der Waals surface area contributed by atoms with Crippen molar-refractivity contribution >= 4 is 6.41 Å². The normalized spacial score (nSPS) is 14.0. The summed E-state index contributed by atoms with van der Waals surface area (Å²) in [6.45, 7) is 3.52. The Morgan fingerprint density at radius 1 is 0.969 bits per heavy atom. The van der Waals surface area contributed by atoms with Gasteiger partial charge in [0.2, 0.25) is 6.41 Å². The molecule has 2 aromatic carbocycles. The Labute approximate surface area is 180 Å². The van der Waals surface area contributed by atoms with E-state index in [0.717, 1.165) is 24.3 Å². The molecular formula is C23H19F6NO2. The lowest BCUT2D eigenvalue weighted by atomic mass is 9.79. The third-order valence-electron chi connectivity index (χ3n) is 4.43. The second kappa shape index (κ2) is 10.7. The molecule has 2 rings (SSSR count). The maximum Gasteiger partial charge on any atom is 0.461 e. The van der Waals surface area contributed by atoms with Gasteiger partial charge in [-0.2, -0.15) is 17.6 Å². The standard InChI is InChI=1S/C23H19F6NO2/c1-2-3-4-5-6-11-22(30-15-31,16-7-9-18(24)10-8-16)17-12-19(25)14-20(13-17)32-23(28,29)21(26)27/h2-10,12-15,21H,1,11H2,(H,30,31)/b4-3-,6-5+/t22-/m1/s1. The second-order valence-corrected chi connectivity index (χ2v) is 6.57. The molecule has 0 aromatic heterocycles. The summed E-state index contributed by atoms with van der Waals surface area (Å²) in [4.78, 5) is 11.5. The molecule has 0 fully saturated rings. The van der Waals surface area contributed by atoms with E-state index < -0.39 is 35.5 Å². The zero-order valence-corrected chi connectivity index (χ0v) is 16.6. The molecule has 0 heterocycles. The molecule has 9 heteroatoms. The van der Waals surface area contributed by atoms with E-state index in [4.69, 9.17) is 0 Å². The zero-order valence-electron chi connectivity index (χ0n) is 16.6. The Hall–Kier alpha value is -3.49. The number of carbonyl (C=O) groups is 1. The minimum atomic E-state index is -4.86. The first kappa shape index (κ1) is 24.8. The minimum Gasteiger partial charge on any atom is -0.428 e. The topological polar surface area (TPSA) is 38.3 Å². The molecule has 0 bridgehead atoms. The van der Waals surface area contributed by atoms with Crippen molar-refractivity contribution in [1.82, 2.24) is 5.32 Å². The fourth-order valence-corrected chi connectivity index (χ4v) is 3.00. The van der Waals surface area contributed by atoms with E-state index in [0.29, 0.717) is 12.5 Å². The highest BCUT2D eigenvalue weighted by molar-refractivity contribution is 5.55. The van der Waals surface area contributed by atoms with Crippen LogP contribution in [-0.4, -0.2) is 18.9 Å². The summed E-state index contributed by atoms with van der Waals surface area (Å²) in [7, 11) is 0. The molecule has 0 radical (unpaired) electrons. The van der Waals surface area contributed by atoms with Crippen LogP contribution in [0.2, 0.25) is 0 Å². The van der Waals surface area contributed by atoms with Crippen LogP contribution >= 0.6 is 0 Å². The van der Waals surface area contributed by atoms with Gasteiger partial charge in [0.05, 0.1) is 5.54 Å². The minimum absolute atomic E-state index is 0.0347. The van der Waals surface area contributed by atoms with E-state index in [1.807, 2.05) is 0 Å². The highest BCUT2D eigenvalue weighted by Gasteiger charge is 2.44.